The zero-order chi connectivity index (χ0) is 21.0. The minimum absolute atomic E-state index is 0.170. The molecule has 2 unspecified atom stereocenters. The molecular formula is C23H19N5O2. The lowest BCUT2D eigenvalue weighted by molar-refractivity contribution is -0.122. The molecule has 30 heavy (non-hydrogen) atoms. The Bertz CT molecular complexity index is 1240. The molecule has 3 heterocycles. The van der Waals surface area contributed by atoms with E-state index in [1.807, 2.05) is 62.4 Å². The van der Waals surface area contributed by atoms with Crippen LogP contribution < -0.4 is 9.64 Å². The summed E-state index contributed by atoms with van der Waals surface area (Å²) in [6.07, 6.45) is 0. The first-order chi connectivity index (χ1) is 14.5. The number of hydrogen-bond donors (Lipinski definition) is 2. The number of hydrogen-bond acceptors (Lipinski definition) is 5. The molecule has 2 atom stereocenters. The van der Waals surface area contributed by atoms with Crippen LogP contribution in [0.3, 0.4) is 0 Å². The minimum Gasteiger partial charge on any atom is -0.422 e. The van der Waals surface area contributed by atoms with E-state index in [2.05, 4.69) is 16.3 Å². The highest BCUT2D eigenvalue weighted by atomic mass is 16.5. The summed E-state index contributed by atoms with van der Waals surface area (Å²) in [7, 11) is 0. The van der Waals surface area contributed by atoms with Gasteiger partial charge in [-0.05, 0) is 25.5 Å². The largest absolute Gasteiger partial charge is 0.422 e. The molecule has 0 saturated heterocycles. The molecule has 2 aliphatic heterocycles. The van der Waals surface area contributed by atoms with Crippen LogP contribution in [0.4, 0.5) is 5.69 Å². The SMILES string of the molecule is CCN1C(=O)C2(c3ccccc31)c1c(n[nH]c1-c1ccc(C)cc1)OC(=N)C2C#N. The van der Waals surface area contributed by atoms with Crippen molar-refractivity contribution < 1.29 is 9.53 Å². The molecule has 5 rings (SSSR count). The number of H-pyrrole nitrogens is 1. The van der Waals surface area contributed by atoms with Crippen LogP contribution in [0.1, 0.15) is 23.6 Å². The van der Waals surface area contributed by atoms with Crippen LogP contribution in [0, 0.1) is 29.6 Å². The molecule has 1 spiro atoms. The molecule has 2 aliphatic rings. The Hall–Kier alpha value is -3.92. The molecule has 7 nitrogen and oxygen atoms in total. The number of para-hydroxylation sites is 1. The van der Waals surface area contributed by atoms with Crippen molar-refractivity contribution in [3.05, 3.63) is 65.2 Å². The van der Waals surface area contributed by atoms with Crippen molar-refractivity contribution in [1.82, 2.24) is 10.2 Å². The molecule has 0 saturated carbocycles. The van der Waals surface area contributed by atoms with Crippen molar-refractivity contribution in [3.8, 4) is 23.2 Å². The zero-order valence-corrected chi connectivity index (χ0v) is 16.6. The minimum atomic E-state index is -1.39. The van der Waals surface area contributed by atoms with E-state index in [0.717, 1.165) is 16.8 Å². The van der Waals surface area contributed by atoms with E-state index in [9.17, 15) is 10.1 Å². The summed E-state index contributed by atoms with van der Waals surface area (Å²) in [5.41, 5.74) is 3.15. The van der Waals surface area contributed by atoms with E-state index in [0.29, 0.717) is 23.4 Å². The molecular weight excluding hydrogens is 378 g/mol. The lowest BCUT2D eigenvalue weighted by Gasteiger charge is -2.36. The maximum Gasteiger partial charge on any atom is 0.244 e. The Kier molecular flexibility index (Phi) is 3.80. The first-order valence-electron chi connectivity index (χ1n) is 9.77. The quantitative estimate of drug-likeness (QED) is 0.690. The van der Waals surface area contributed by atoms with Gasteiger partial charge in [0, 0.05) is 17.8 Å². The van der Waals surface area contributed by atoms with Crippen LogP contribution in [0.5, 0.6) is 5.88 Å². The number of anilines is 1. The molecule has 2 N–H and O–H groups in total. The maximum absolute atomic E-state index is 14.0. The summed E-state index contributed by atoms with van der Waals surface area (Å²) in [6.45, 7) is 4.35. The molecule has 0 fully saturated rings. The average molecular weight is 397 g/mol. The van der Waals surface area contributed by atoms with E-state index < -0.39 is 11.3 Å². The van der Waals surface area contributed by atoms with E-state index in [1.165, 1.54) is 0 Å². The summed E-state index contributed by atoms with van der Waals surface area (Å²) in [6, 6.07) is 17.5. The van der Waals surface area contributed by atoms with Crippen LogP contribution in [0.25, 0.3) is 11.3 Å². The van der Waals surface area contributed by atoms with Gasteiger partial charge in [-0.15, -0.1) is 5.10 Å². The lowest BCUT2D eigenvalue weighted by atomic mass is 9.65. The number of nitriles is 1. The summed E-state index contributed by atoms with van der Waals surface area (Å²) in [4.78, 5) is 15.6. The Balaban J connectivity index is 1.89. The Morgan fingerprint density at radius 2 is 2.00 bits per heavy atom. The highest BCUT2D eigenvalue weighted by molar-refractivity contribution is 6.15. The van der Waals surface area contributed by atoms with Gasteiger partial charge in [0.25, 0.3) is 0 Å². The van der Waals surface area contributed by atoms with Gasteiger partial charge in [-0.25, -0.2) is 0 Å². The van der Waals surface area contributed by atoms with Crippen molar-refractivity contribution in [2.75, 3.05) is 11.4 Å². The number of carbonyl (C=O) groups is 1. The van der Waals surface area contributed by atoms with Gasteiger partial charge in [-0.3, -0.25) is 15.3 Å². The molecule has 7 heteroatoms. The van der Waals surface area contributed by atoms with E-state index in [-0.39, 0.29) is 17.7 Å². The Morgan fingerprint density at radius 1 is 1.27 bits per heavy atom. The molecule has 148 valence electrons. The van der Waals surface area contributed by atoms with Crippen LogP contribution in [0.15, 0.2) is 48.5 Å². The average Bonchev–Trinajstić information content (AvgIpc) is 3.27. The van der Waals surface area contributed by atoms with E-state index in [1.54, 1.807) is 4.90 Å². The molecule has 1 amide bonds. The third-order valence-electron chi connectivity index (χ3n) is 6.02. The van der Waals surface area contributed by atoms with Crippen LogP contribution >= 0.6 is 0 Å². The molecule has 0 radical (unpaired) electrons. The van der Waals surface area contributed by atoms with Gasteiger partial charge < -0.3 is 9.64 Å². The van der Waals surface area contributed by atoms with Gasteiger partial charge in [0.15, 0.2) is 0 Å². The van der Waals surface area contributed by atoms with Crippen molar-refractivity contribution in [1.29, 1.82) is 10.7 Å². The number of aromatic nitrogens is 2. The smallest absolute Gasteiger partial charge is 0.244 e. The fourth-order valence-electron chi connectivity index (χ4n) is 4.67. The van der Waals surface area contributed by atoms with Crippen molar-refractivity contribution in [2.24, 2.45) is 5.92 Å². The van der Waals surface area contributed by atoms with Gasteiger partial charge in [0.2, 0.25) is 17.7 Å². The number of nitrogens with zero attached hydrogens (tertiary/aromatic N) is 3. The van der Waals surface area contributed by atoms with Crippen molar-refractivity contribution in [2.45, 2.75) is 19.3 Å². The molecule has 2 aromatic carbocycles. The fourth-order valence-corrected chi connectivity index (χ4v) is 4.67. The van der Waals surface area contributed by atoms with Crippen LogP contribution in [-0.2, 0) is 10.2 Å². The van der Waals surface area contributed by atoms with Gasteiger partial charge >= 0.3 is 0 Å². The second kappa shape index (κ2) is 6.29. The van der Waals surface area contributed by atoms with Gasteiger partial charge in [-0.1, -0.05) is 48.0 Å². The van der Waals surface area contributed by atoms with E-state index >= 15 is 0 Å². The van der Waals surface area contributed by atoms with Crippen LogP contribution in [-0.4, -0.2) is 28.5 Å². The number of fused-ring (bicyclic) bond motifs is 4. The standard InChI is InChI=1S/C23H19N5O2/c1-3-28-17-7-5-4-6-15(17)23(22(28)29)16(12-24)20(25)30-21-18(23)19(26-27-21)14-10-8-13(2)9-11-14/h4-11,16,25H,3H2,1-2H3,(H,26,27). The highest BCUT2D eigenvalue weighted by Crippen LogP contribution is 2.56. The van der Waals surface area contributed by atoms with Gasteiger partial charge in [-0.2, -0.15) is 5.26 Å². The number of rotatable bonds is 2. The van der Waals surface area contributed by atoms with Gasteiger partial charge in [0.1, 0.15) is 11.3 Å². The summed E-state index contributed by atoms with van der Waals surface area (Å²) in [5.74, 6) is -1.44. The number of aryl methyl sites for hydroxylation is 1. The predicted octanol–water partition coefficient (Wildman–Crippen LogP) is 3.55. The predicted molar refractivity (Wildman–Crippen MR) is 111 cm³/mol. The lowest BCUT2D eigenvalue weighted by Crippen LogP contribution is -2.52. The monoisotopic (exact) mass is 397 g/mol. The third kappa shape index (κ3) is 2.10. The summed E-state index contributed by atoms with van der Waals surface area (Å²) in [5, 5.41) is 25.8. The first-order valence-corrected chi connectivity index (χ1v) is 9.77. The topological polar surface area (TPSA) is 106 Å². The highest BCUT2D eigenvalue weighted by Gasteiger charge is 2.63. The summed E-state index contributed by atoms with van der Waals surface area (Å²) < 4.78 is 5.63. The van der Waals surface area contributed by atoms with Crippen molar-refractivity contribution in [3.63, 3.8) is 0 Å². The number of carbonyl (C=O) groups excluding carboxylic acids is 1. The fraction of sp³-hybridized carbons (Fsp3) is 0.217. The Morgan fingerprint density at radius 3 is 2.70 bits per heavy atom. The number of ether oxygens (including phenoxy) is 1. The van der Waals surface area contributed by atoms with Crippen LogP contribution in [0.2, 0.25) is 0 Å². The molecule has 3 aromatic rings. The first kappa shape index (κ1) is 18.1. The Labute approximate surface area is 173 Å². The molecule has 1 aromatic heterocycles. The normalized spacial score (nSPS) is 21.9. The number of likely N-dealkylation sites (N-methyl/N-ethyl adjacent to an activating group) is 1. The zero-order valence-electron chi connectivity index (χ0n) is 16.6. The van der Waals surface area contributed by atoms with E-state index in [4.69, 9.17) is 10.1 Å². The second-order valence-electron chi connectivity index (χ2n) is 7.55. The third-order valence-corrected chi connectivity index (χ3v) is 6.02. The number of nitrogens with one attached hydrogen (secondary N) is 2. The molecule has 0 bridgehead atoms. The molecule has 0 aliphatic carbocycles. The number of aromatic amines is 1. The van der Waals surface area contributed by atoms with Crippen molar-refractivity contribution >= 4 is 17.5 Å². The number of amides is 1. The van der Waals surface area contributed by atoms with Gasteiger partial charge in [0.05, 0.1) is 17.3 Å². The maximum atomic E-state index is 14.0. The second-order valence-corrected chi connectivity index (χ2v) is 7.55. The number of benzene rings is 2. The summed E-state index contributed by atoms with van der Waals surface area (Å²) >= 11 is 0.